The van der Waals surface area contributed by atoms with Gasteiger partial charge in [0.2, 0.25) is 5.91 Å². The summed E-state index contributed by atoms with van der Waals surface area (Å²) >= 11 is 7.74. The van der Waals surface area contributed by atoms with Crippen molar-refractivity contribution in [3.8, 4) is 0 Å². The lowest BCUT2D eigenvalue weighted by Gasteiger charge is -2.08. The molecule has 1 aliphatic rings. The Kier molecular flexibility index (Phi) is 5.91. The molecule has 2 aromatic carbocycles. The van der Waals surface area contributed by atoms with Crippen LogP contribution in [0.25, 0.3) is 10.2 Å². The van der Waals surface area contributed by atoms with Gasteiger partial charge in [-0.05, 0) is 55.2 Å². The van der Waals surface area contributed by atoms with Crippen LogP contribution in [0.3, 0.4) is 0 Å². The molecule has 4 aromatic rings. The van der Waals surface area contributed by atoms with Gasteiger partial charge in [0.15, 0.2) is 0 Å². The normalized spacial score (nSPS) is 13.3. The van der Waals surface area contributed by atoms with Crippen LogP contribution in [0.15, 0.2) is 54.6 Å². The number of fused-ring (bicyclic) bond motifs is 1. The number of anilines is 1. The van der Waals surface area contributed by atoms with Crippen molar-refractivity contribution in [1.82, 2.24) is 15.1 Å². The number of carbonyl (C=O) groups is 2. The zero-order valence-electron chi connectivity index (χ0n) is 18.1. The van der Waals surface area contributed by atoms with Gasteiger partial charge in [0.25, 0.3) is 5.91 Å². The summed E-state index contributed by atoms with van der Waals surface area (Å²) in [5.74, 6) is 0.0913. The van der Waals surface area contributed by atoms with Gasteiger partial charge >= 0.3 is 0 Å². The topological polar surface area (TPSA) is 76.0 Å². The zero-order valence-corrected chi connectivity index (χ0v) is 19.7. The molecule has 0 aliphatic heterocycles. The van der Waals surface area contributed by atoms with Crippen molar-refractivity contribution >= 4 is 50.7 Å². The molecular weight excluding hydrogens is 456 g/mol. The number of rotatable bonds is 7. The first kappa shape index (κ1) is 21.7. The first-order valence-electron chi connectivity index (χ1n) is 10.9. The molecule has 8 heteroatoms. The minimum absolute atomic E-state index is 0.0719. The predicted molar refractivity (Wildman–Crippen MR) is 132 cm³/mol. The third-order valence-electron chi connectivity index (χ3n) is 5.70. The molecule has 5 rings (SSSR count). The average molecular weight is 479 g/mol. The Bertz CT molecular complexity index is 1360. The van der Waals surface area contributed by atoms with E-state index < -0.39 is 0 Å². The average Bonchev–Trinajstić information content (AvgIpc) is 3.50. The molecule has 0 unspecified atom stereocenters. The SMILES string of the molecule is Cc1nn(Cc2ccccc2Cl)c2sc(C(=O)NCc3cccc(NC(=O)C4CC4)c3)cc12. The summed E-state index contributed by atoms with van der Waals surface area (Å²) < 4.78 is 1.90. The van der Waals surface area contributed by atoms with Crippen LogP contribution < -0.4 is 10.6 Å². The largest absolute Gasteiger partial charge is 0.347 e. The van der Waals surface area contributed by atoms with Crippen LogP contribution in [-0.2, 0) is 17.9 Å². The monoisotopic (exact) mass is 478 g/mol. The molecule has 0 radical (unpaired) electrons. The Hall–Kier alpha value is -3.16. The van der Waals surface area contributed by atoms with Crippen molar-refractivity contribution in [2.75, 3.05) is 5.32 Å². The predicted octanol–water partition coefficient (Wildman–Crippen LogP) is 5.39. The van der Waals surface area contributed by atoms with Crippen molar-refractivity contribution in [2.45, 2.75) is 32.9 Å². The van der Waals surface area contributed by atoms with E-state index in [-0.39, 0.29) is 17.7 Å². The first-order valence-corrected chi connectivity index (χ1v) is 12.1. The molecular formula is C25H23ClN4O2S. The molecule has 2 N–H and O–H groups in total. The molecule has 2 amide bonds. The maximum atomic E-state index is 12.9. The Morgan fingerprint density at radius 1 is 1.15 bits per heavy atom. The lowest BCUT2D eigenvalue weighted by molar-refractivity contribution is -0.117. The molecule has 0 bridgehead atoms. The molecule has 1 aliphatic carbocycles. The van der Waals surface area contributed by atoms with Crippen LogP contribution in [0.4, 0.5) is 5.69 Å². The summed E-state index contributed by atoms with van der Waals surface area (Å²) in [6.07, 6.45) is 1.93. The van der Waals surface area contributed by atoms with Crippen molar-refractivity contribution in [2.24, 2.45) is 5.92 Å². The van der Waals surface area contributed by atoms with Crippen molar-refractivity contribution in [3.05, 3.63) is 81.3 Å². The molecule has 0 saturated heterocycles. The summed E-state index contributed by atoms with van der Waals surface area (Å²) in [7, 11) is 0. The number of nitrogens with zero attached hydrogens (tertiary/aromatic N) is 2. The van der Waals surface area contributed by atoms with Crippen LogP contribution >= 0.6 is 22.9 Å². The highest BCUT2D eigenvalue weighted by atomic mass is 35.5. The van der Waals surface area contributed by atoms with Gasteiger partial charge in [-0.15, -0.1) is 11.3 Å². The van der Waals surface area contributed by atoms with E-state index in [0.29, 0.717) is 23.0 Å². The summed E-state index contributed by atoms with van der Waals surface area (Å²) in [4.78, 5) is 26.4. The van der Waals surface area contributed by atoms with E-state index in [9.17, 15) is 9.59 Å². The fourth-order valence-electron chi connectivity index (χ4n) is 3.74. The molecule has 33 heavy (non-hydrogen) atoms. The number of nitrogens with one attached hydrogen (secondary N) is 2. The second-order valence-electron chi connectivity index (χ2n) is 8.31. The van der Waals surface area contributed by atoms with Crippen LogP contribution in [0.5, 0.6) is 0 Å². The highest BCUT2D eigenvalue weighted by Crippen LogP contribution is 2.31. The summed E-state index contributed by atoms with van der Waals surface area (Å²) in [6, 6.07) is 17.2. The Morgan fingerprint density at radius 2 is 1.97 bits per heavy atom. The molecule has 0 atom stereocenters. The second kappa shape index (κ2) is 9.00. The summed E-state index contributed by atoms with van der Waals surface area (Å²) in [6.45, 7) is 2.87. The van der Waals surface area contributed by atoms with E-state index >= 15 is 0 Å². The molecule has 1 saturated carbocycles. The third-order valence-corrected chi connectivity index (χ3v) is 7.22. The van der Waals surface area contributed by atoms with Crippen LogP contribution in [-0.4, -0.2) is 21.6 Å². The Labute approximate surface area is 200 Å². The number of thiophene rings is 1. The zero-order chi connectivity index (χ0) is 22.9. The smallest absolute Gasteiger partial charge is 0.261 e. The fraction of sp³-hybridized carbons (Fsp3) is 0.240. The maximum absolute atomic E-state index is 12.9. The van der Waals surface area contributed by atoms with Gasteiger partial charge in [-0.25, -0.2) is 0 Å². The highest BCUT2D eigenvalue weighted by Gasteiger charge is 2.29. The Morgan fingerprint density at radius 3 is 2.76 bits per heavy atom. The minimum atomic E-state index is -0.132. The number of hydrogen-bond acceptors (Lipinski definition) is 4. The van der Waals surface area contributed by atoms with Gasteiger partial charge in [0.05, 0.1) is 17.1 Å². The number of carbonyl (C=O) groups excluding carboxylic acids is 2. The number of benzene rings is 2. The van der Waals surface area contributed by atoms with Gasteiger partial charge in [0.1, 0.15) is 4.83 Å². The molecule has 0 spiro atoms. The van der Waals surface area contributed by atoms with Gasteiger partial charge < -0.3 is 10.6 Å². The summed E-state index contributed by atoms with van der Waals surface area (Å²) in [5.41, 5.74) is 3.55. The number of aromatic nitrogens is 2. The van der Waals surface area contributed by atoms with Gasteiger partial charge in [-0.2, -0.15) is 5.10 Å². The van der Waals surface area contributed by atoms with Crippen LogP contribution in [0.1, 0.15) is 39.3 Å². The van der Waals surface area contributed by atoms with Gasteiger partial charge in [-0.3, -0.25) is 14.3 Å². The standard InChI is InChI=1S/C25H23ClN4O2S/c1-15-20-12-22(33-25(20)30(29-15)14-18-6-2-3-8-21(18)26)24(32)27-13-16-5-4-7-19(11-16)28-23(31)17-9-10-17/h2-8,11-12,17H,9-10,13-14H2,1H3,(H,27,32)(H,28,31). The van der Waals surface area contributed by atoms with Crippen molar-refractivity contribution in [1.29, 1.82) is 0 Å². The van der Waals surface area contributed by atoms with E-state index in [1.165, 1.54) is 11.3 Å². The maximum Gasteiger partial charge on any atom is 0.261 e. The quantitative estimate of drug-likeness (QED) is 0.374. The number of aryl methyl sites for hydroxylation is 1. The molecule has 2 aromatic heterocycles. The fourth-order valence-corrected chi connectivity index (χ4v) is 5.01. The number of amides is 2. The number of halogens is 1. The van der Waals surface area contributed by atoms with E-state index in [4.69, 9.17) is 11.6 Å². The van der Waals surface area contributed by atoms with E-state index in [1.807, 2.05) is 66.2 Å². The van der Waals surface area contributed by atoms with Gasteiger partial charge in [0, 0.05) is 28.6 Å². The first-order chi connectivity index (χ1) is 16.0. The minimum Gasteiger partial charge on any atom is -0.347 e. The van der Waals surface area contributed by atoms with E-state index in [1.54, 1.807) is 0 Å². The third kappa shape index (κ3) is 4.79. The molecule has 6 nitrogen and oxygen atoms in total. The lowest BCUT2D eigenvalue weighted by atomic mass is 10.2. The number of hydrogen-bond donors (Lipinski definition) is 2. The lowest BCUT2D eigenvalue weighted by Crippen LogP contribution is -2.22. The molecule has 168 valence electrons. The highest BCUT2D eigenvalue weighted by molar-refractivity contribution is 7.20. The van der Waals surface area contributed by atoms with Crippen LogP contribution in [0, 0.1) is 12.8 Å². The van der Waals surface area contributed by atoms with Crippen molar-refractivity contribution < 1.29 is 9.59 Å². The van der Waals surface area contributed by atoms with E-state index in [2.05, 4.69) is 15.7 Å². The van der Waals surface area contributed by atoms with E-state index in [0.717, 1.165) is 45.6 Å². The Balaban J connectivity index is 1.28. The summed E-state index contributed by atoms with van der Waals surface area (Å²) in [5, 5.41) is 12.2. The van der Waals surface area contributed by atoms with Gasteiger partial charge in [-0.1, -0.05) is 41.9 Å². The van der Waals surface area contributed by atoms with Crippen LogP contribution in [0.2, 0.25) is 5.02 Å². The second-order valence-corrected chi connectivity index (χ2v) is 9.75. The molecule has 2 heterocycles. The van der Waals surface area contributed by atoms with Crippen molar-refractivity contribution in [3.63, 3.8) is 0 Å². The molecule has 1 fully saturated rings.